The molecule has 1 aliphatic heterocycles. The lowest BCUT2D eigenvalue weighted by Crippen LogP contribution is -2.44. The molecule has 3 heterocycles. The number of anilines is 1. The topological polar surface area (TPSA) is 77.8 Å². The maximum atomic E-state index is 13.1. The largest absolute Gasteiger partial charge is 0.458 e. The first-order chi connectivity index (χ1) is 12.3. The number of nitrogens with zero attached hydrogens (tertiary/aromatic N) is 3. The number of hydrogen-bond donors (Lipinski definition) is 1. The number of carbonyl (C=O) groups excluding carboxylic acids is 1. The van der Waals surface area contributed by atoms with Crippen molar-refractivity contribution in [2.45, 2.75) is 44.5 Å². The molecular weight excluding hydrogens is 353 g/mol. The SMILES string of the molecule is CC(=O)O[C@@H]1COCC[C@H]1Nc1ncc2ccc(C(C)C(F)(F)F)n2n1. The van der Waals surface area contributed by atoms with Gasteiger partial charge in [0.25, 0.3) is 0 Å². The summed E-state index contributed by atoms with van der Waals surface area (Å²) in [6.07, 6.45) is -2.88. The van der Waals surface area contributed by atoms with Gasteiger partial charge in [0.15, 0.2) is 0 Å². The molecule has 3 rings (SSSR count). The van der Waals surface area contributed by atoms with Crippen molar-refractivity contribution in [2.75, 3.05) is 18.5 Å². The number of rotatable bonds is 4. The minimum Gasteiger partial charge on any atom is -0.458 e. The van der Waals surface area contributed by atoms with Crippen LogP contribution in [0.15, 0.2) is 18.3 Å². The van der Waals surface area contributed by atoms with Crippen molar-refractivity contribution in [3.63, 3.8) is 0 Å². The highest BCUT2D eigenvalue weighted by Crippen LogP contribution is 2.34. The number of ether oxygens (including phenoxy) is 2. The van der Waals surface area contributed by atoms with Crippen LogP contribution in [-0.2, 0) is 14.3 Å². The molecule has 0 bridgehead atoms. The maximum Gasteiger partial charge on any atom is 0.396 e. The first-order valence-corrected chi connectivity index (χ1v) is 8.18. The van der Waals surface area contributed by atoms with Crippen LogP contribution in [-0.4, -0.2) is 52.1 Å². The van der Waals surface area contributed by atoms with E-state index in [1.54, 1.807) is 0 Å². The minimum atomic E-state index is -4.37. The third-order valence-corrected chi connectivity index (χ3v) is 4.30. The molecule has 1 N–H and O–H groups in total. The van der Waals surface area contributed by atoms with Crippen LogP contribution in [0.4, 0.5) is 19.1 Å². The fourth-order valence-corrected chi connectivity index (χ4v) is 2.86. The standard InChI is InChI=1S/C16H19F3N4O3/c1-9(16(17,18)19)13-4-3-11-7-20-15(22-23(11)13)21-12-5-6-25-8-14(12)26-10(2)24/h3-4,7,9,12,14H,5-6,8H2,1-2H3,(H,21,22)/t9?,12-,14-/m1/s1. The Bertz CT molecular complexity index is 793. The van der Waals surface area contributed by atoms with E-state index in [9.17, 15) is 18.0 Å². The van der Waals surface area contributed by atoms with Gasteiger partial charge in [0.1, 0.15) is 6.10 Å². The van der Waals surface area contributed by atoms with Gasteiger partial charge in [-0.25, -0.2) is 9.50 Å². The van der Waals surface area contributed by atoms with Gasteiger partial charge in [0, 0.05) is 13.5 Å². The summed E-state index contributed by atoms with van der Waals surface area (Å²) in [7, 11) is 0. The monoisotopic (exact) mass is 372 g/mol. The summed E-state index contributed by atoms with van der Waals surface area (Å²) < 4.78 is 50.9. The van der Waals surface area contributed by atoms with Gasteiger partial charge >= 0.3 is 12.1 Å². The van der Waals surface area contributed by atoms with E-state index in [0.717, 1.165) is 6.92 Å². The predicted molar refractivity (Wildman–Crippen MR) is 85.9 cm³/mol. The van der Waals surface area contributed by atoms with Gasteiger partial charge in [-0.15, -0.1) is 5.10 Å². The molecule has 26 heavy (non-hydrogen) atoms. The molecule has 0 aromatic carbocycles. The number of fused-ring (bicyclic) bond motifs is 1. The van der Waals surface area contributed by atoms with E-state index in [1.807, 2.05) is 0 Å². The average Bonchev–Trinajstić information content (AvgIpc) is 2.97. The number of carbonyl (C=O) groups is 1. The molecule has 0 saturated carbocycles. The van der Waals surface area contributed by atoms with Crippen molar-refractivity contribution in [1.82, 2.24) is 14.6 Å². The van der Waals surface area contributed by atoms with E-state index in [1.165, 1.54) is 29.8 Å². The van der Waals surface area contributed by atoms with Gasteiger partial charge in [-0.2, -0.15) is 13.2 Å². The summed E-state index contributed by atoms with van der Waals surface area (Å²) in [6.45, 7) is 3.10. The fraction of sp³-hybridized carbons (Fsp3) is 0.562. The van der Waals surface area contributed by atoms with Gasteiger partial charge in [0.2, 0.25) is 5.95 Å². The molecule has 2 aromatic heterocycles. The molecular formula is C16H19F3N4O3. The summed E-state index contributed by atoms with van der Waals surface area (Å²) in [5, 5.41) is 7.23. The Morgan fingerprint density at radius 1 is 1.46 bits per heavy atom. The zero-order chi connectivity index (χ0) is 18.9. The van der Waals surface area contributed by atoms with Crippen LogP contribution in [0.1, 0.15) is 31.9 Å². The van der Waals surface area contributed by atoms with Crippen molar-refractivity contribution in [1.29, 1.82) is 0 Å². The van der Waals surface area contributed by atoms with Crippen molar-refractivity contribution < 1.29 is 27.4 Å². The van der Waals surface area contributed by atoms with Crippen molar-refractivity contribution in [3.05, 3.63) is 24.0 Å². The summed E-state index contributed by atoms with van der Waals surface area (Å²) in [6, 6.07) is 2.64. The van der Waals surface area contributed by atoms with Crippen molar-refractivity contribution in [2.24, 2.45) is 0 Å². The third kappa shape index (κ3) is 3.90. The molecule has 10 heteroatoms. The van der Waals surface area contributed by atoms with Crippen LogP contribution in [0.3, 0.4) is 0 Å². The molecule has 0 spiro atoms. The van der Waals surface area contributed by atoms with Crippen LogP contribution < -0.4 is 5.32 Å². The quantitative estimate of drug-likeness (QED) is 0.831. The number of aromatic nitrogens is 3. The van der Waals surface area contributed by atoms with E-state index in [2.05, 4.69) is 15.4 Å². The summed E-state index contributed by atoms with van der Waals surface area (Å²) in [5.74, 6) is -1.94. The maximum absolute atomic E-state index is 13.1. The smallest absolute Gasteiger partial charge is 0.396 e. The Hall–Kier alpha value is -2.36. The number of esters is 1. The zero-order valence-electron chi connectivity index (χ0n) is 14.3. The van der Waals surface area contributed by atoms with Crippen LogP contribution in [0.25, 0.3) is 5.52 Å². The summed E-state index contributed by atoms with van der Waals surface area (Å²) in [5.41, 5.74) is 0.492. The molecule has 2 aromatic rings. The normalized spacial score (nSPS) is 22.2. The Morgan fingerprint density at radius 3 is 2.92 bits per heavy atom. The molecule has 1 unspecified atom stereocenters. The molecule has 3 atom stereocenters. The fourth-order valence-electron chi connectivity index (χ4n) is 2.86. The highest BCUT2D eigenvalue weighted by Gasteiger charge is 2.39. The Morgan fingerprint density at radius 2 is 2.23 bits per heavy atom. The predicted octanol–water partition coefficient (Wildman–Crippen LogP) is 2.53. The zero-order valence-corrected chi connectivity index (χ0v) is 14.3. The van der Waals surface area contributed by atoms with Crippen LogP contribution in [0.2, 0.25) is 0 Å². The Labute approximate surface area is 147 Å². The van der Waals surface area contributed by atoms with Crippen LogP contribution in [0.5, 0.6) is 0 Å². The highest BCUT2D eigenvalue weighted by atomic mass is 19.4. The number of nitrogens with one attached hydrogen (secondary N) is 1. The molecule has 142 valence electrons. The molecule has 0 amide bonds. The molecule has 1 saturated heterocycles. The highest BCUT2D eigenvalue weighted by molar-refractivity contribution is 5.66. The van der Waals surface area contributed by atoms with Crippen molar-refractivity contribution >= 4 is 17.4 Å². The van der Waals surface area contributed by atoms with Gasteiger partial charge in [-0.05, 0) is 25.5 Å². The average molecular weight is 372 g/mol. The second-order valence-electron chi connectivity index (χ2n) is 6.20. The molecule has 7 nitrogen and oxygen atoms in total. The summed E-state index contributed by atoms with van der Waals surface area (Å²) >= 11 is 0. The lowest BCUT2D eigenvalue weighted by molar-refractivity contribution is -0.153. The number of halogens is 3. The number of hydrogen-bond acceptors (Lipinski definition) is 6. The van der Waals surface area contributed by atoms with E-state index in [0.29, 0.717) is 18.5 Å². The van der Waals surface area contributed by atoms with Gasteiger partial charge < -0.3 is 14.8 Å². The second-order valence-corrected chi connectivity index (χ2v) is 6.20. The molecule has 1 aliphatic rings. The lowest BCUT2D eigenvalue weighted by atomic mass is 10.1. The first kappa shape index (κ1) is 18.4. The summed E-state index contributed by atoms with van der Waals surface area (Å²) in [4.78, 5) is 15.4. The molecule has 1 fully saturated rings. The van der Waals surface area contributed by atoms with E-state index >= 15 is 0 Å². The van der Waals surface area contributed by atoms with Crippen LogP contribution in [0, 0.1) is 0 Å². The van der Waals surface area contributed by atoms with Gasteiger partial charge in [-0.3, -0.25) is 4.79 Å². The van der Waals surface area contributed by atoms with Crippen LogP contribution >= 0.6 is 0 Å². The number of alkyl halides is 3. The first-order valence-electron chi connectivity index (χ1n) is 8.18. The van der Waals surface area contributed by atoms with E-state index in [4.69, 9.17) is 9.47 Å². The minimum absolute atomic E-state index is 0.0291. The molecule has 0 radical (unpaired) electrons. The Kier molecular flexibility index (Phi) is 5.03. The lowest BCUT2D eigenvalue weighted by Gasteiger charge is -2.31. The Balaban J connectivity index is 1.85. The second kappa shape index (κ2) is 7.10. The van der Waals surface area contributed by atoms with E-state index < -0.39 is 24.2 Å². The third-order valence-electron chi connectivity index (χ3n) is 4.30. The van der Waals surface area contributed by atoms with Gasteiger partial charge in [-0.1, -0.05) is 0 Å². The van der Waals surface area contributed by atoms with Crippen molar-refractivity contribution in [3.8, 4) is 0 Å². The molecule has 0 aliphatic carbocycles. The van der Waals surface area contributed by atoms with Gasteiger partial charge in [0.05, 0.1) is 36.0 Å². The van der Waals surface area contributed by atoms with E-state index in [-0.39, 0.29) is 24.3 Å².